The molecule has 1 aliphatic rings. The topological polar surface area (TPSA) is 70.3 Å². The summed E-state index contributed by atoms with van der Waals surface area (Å²) in [7, 11) is 1.68. The fourth-order valence-corrected chi connectivity index (χ4v) is 4.38. The molecule has 1 unspecified atom stereocenters. The molecule has 6 heteroatoms. The first-order chi connectivity index (χ1) is 15.7. The van der Waals surface area contributed by atoms with Gasteiger partial charge < -0.3 is 19.5 Å². The number of benzene rings is 2. The zero-order valence-corrected chi connectivity index (χ0v) is 18.3. The number of ether oxygens (including phenoxy) is 1. The van der Waals surface area contributed by atoms with E-state index < -0.39 is 0 Å². The van der Waals surface area contributed by atoms with E-state index in [1.54, 1.807) is 13.2 Å². The first kappa shape index (κ1) is 21.5. The molecular weight excluding hydrogens is 400 g/mol. The standard InChI is InChI=1S/C26H28N4O2/c1-32-25-12-5-4-11-24(25)30-16-6-8-21(19-30)28-26(31)14-13-20-18-29(17-7-15-27)23-10-3-2-9-22(20)23/h2-5,9-14,18,21H,6-8,16-17,19H2,1H3,(H,28,31)/b14-13+. The van der Waals surface area contributed by atoms with Crippen LogP contribution in [0.1, 0.15) is 24.8 Å². The Bertz CT molecular complexity index is 1160. The molecule has 1 N–H and O–H groups in total. The van der Waals surface area contributed by atoms with Gasteiger partial charge in [0.1, 0.15) is 5.75 Å². The van der Waals surface area contributed by atoms with Gasteiger partial charge in [-0.25, -0.2) is 0 Å². The predicted molar refractivity (Wildman–Crippen MR) is 128 cm³/mol. The van der Waals surface area contributed by atoms with Crippen molar-refractivity contribution in [1.82, 2.24) is 9.88 Å². The van der Waals surface area contributed by atoms with Gasteiger partial charge >= 0.3 is 0 Å². The van der Waals surface area contributed by atoms with Crippen LogP contribution in [-0.2, 0) is 11.3 Å². The normalized spacial score (nSPS) is 16.2. The molecule has 1 aliphatic heterocycles. The molecule has 0 radical (unpaired) electrons. The average Bonchev–Trinajstić information content (AvgIpc) is 3.19. The lowest BCUT2D eigenvalue weighted by Crippen LogP contribution is -2.47. The summed E-state index contributed by atoms with van der Waals surface area (Å²) in [5.74, 6) is 0.762. The molecule has 32 heavy (non-hydrogen) atoms. The van der Waals surface area contributed by atoms with Crippen molar-refractivity contribution >= 4 is 28.6 Å². The molecule has 1 aromatic heterocycles. The highest BCUT2D eigenvalue weighted by molar-refractivity contribution is 5.96. The number of nitrogens with one attached hydrogen (secondary N) is 1. The van der Waals surface area contributed by atoms with Gasteiger partial charge in [-0.1, -0.05) is 30.3 Å². The van der Waals surface area contributed by atoms with Gasteiger partial charge in [-0.3, -0.25) is 4.79 Å². The lowest BCUT2D eigenvalue weighted by atomic mass is 10.0. The van der Waals surface area contributed by atoms with Crippen LogP contribution in [0.2, 0.25) is 0 Å². The summed E-state index contributed by atoms with van der Waals surface area (Å²) in [6.45, 7) is 2.34. The minimum absolute atomic E-state index is 0.0859. The fourth-order valence-electron chi connectivity index (χ4n) is 4.38. The van der Waals surface area contributed by atoms with Crippen LogP contribution in [0.15, 0.2) is 60.8 Å². The molecule has 1 atom stereocenters. The lowest BCUT2D eigenvalue weighted by molar-refractivity contribution is -0.117. The molecule has 2 aromatic carbocycles. The van der Waals surface area contributed by atoms with Crippen LogP contribution in [0.5, 0.6) is 5.75 Å². The third-order valence-electron chi connectivity index (χ3n) is 5.89. The number of fused-ring (bicyclic) bond motifs is 1. The Labute approximate surface area is 188 Å². The van der Waals surface area contributed by atoms with Crippen molar-refractivity contribution in [3.05, 3.63) is 66.4 Å². The summed E-state index contributed by atoms with van der Waals surface area (Å²) in [4.78, 5) is 15.0. The van der Waals surface area contributed by atoms with E-state index in [1.165, 1.54) is 0 Å². The number of aryl methyl sites for hydroxylation is 1. The summed E-state index contributed by atoms with van der Waals surface area (Å²) in [6, 6.07) is 18.3. The second kappa shape index (κ2) is 10.1. The van der Waals surface area contributed by atoms with Gasteiger partial charge in [0.15, 0.2) is 0 Å². The Morgan fingerprint density at radius 1 is 1.25 bits per heavy atom. The van der Waals surface area contributed by atoms with Gasteiger partial charge in [-0.2, -0.15) is 5.26 Å². The zero-order valence-electron chi connectivity index (χ0n) is 18.3. The highest BCUT2D eigenvalue weighted by Gasteiger charge is 2.22. The van der Waals surface area contributed by atoms with E-state index in [2.05, 4.69) is 26.9 Å². The Hall–Kier alpha value is -3.72. The van der Waals surface area contributed by atoms with Gasteiger partial charge in [-0.15, -0.1) is 0 Å². The molecule has 164 valence electrons. The van der Waals surface area contributed by atoms with Crippen LogP contribution in [0.25, 0.3) is 17.0 Å². The maximum atomic E-state index is 12.7. The molecule has 2 heterocycles. The quantitative estimate of drug-likeness (QED) is 0.568. The van der Waals surface area contributed by atoms with E-state index >= 15 is 0 Å². The van der Waals surface area contributed by atoms with E-state index in [4.69, 9.17) is 10.00 Å². The third-order valence-corrected chi connectivity index (χ3v) is 5.89. The first-order valence-corrected chi connectivity index (χ1v) is 11.0. The molecule has 1 amide bonds. The third kappa shape index (κ3) is 4.78. The number of nitriles is 1. The van der Waals surface area contributed by atoms with Crippen LogP contribution in [0.4, 0.5) is 5.69 Å². The first-order valence-electron chi connectivity index (χ1n) is 11.0. The number of methoxy groups -OCH3 is 1. The van der Waals surface area contributed by atoms with Crippen LogP contribution >= 0.6 is 0 Å². The van der Waals surface area contributed by atoms with Crippen molar-refractivity contribution < 1.29 is 9.53 Å². The molecule has 6 nitrogen and oxygen atoms in total. The van der Waals surface area contributed by atoms with Gasteiger partial charge in [-0.05, 0) is 37.1 Å². The van der Waals surface area contributed by atoms with Gasteiger partial charge in [0.2, 0.25) is 5.91 Å². The second-order valence-corrected chi connectivity index (χ2v) is 8.00. The van der Waals surface area contributed by atoms with Gasteiger partial charge in [0.05, 0.1) is 25.3 Å². The Balaban J connectivity index is 1.43. The van der Waals surface area contributed by atoms with Gasteiger partial charge in [0.25, 0.3) is 0 Å². The number of nitrogens with zero attached hydrogens (tertiary/aromatic N) is 3. The minimum atomic E-state index is -0.0919. The molecule has 0 aliphatic carbocycles. The maximum Gasteiger partial charge on any atom is 0.244 e. The monoisotopic (exact) mass is 428 g/mol. The fraction of sp³-hybridized carbons (Fsp3) is 0.308. The number of rotatable bonds is 7. The average molecular weight is 429 g/mol. The van der Waals surface area contributed by atoms with Crippen molar-refractivity contribution in [2.45, 2.75) is 31.8 Å². The van der Waals surface area contributed by atoms with E-state index in [0.29, 0.717) is 13.0 Å². The van der Waals surface area contributed by atoms with Crippen molar-refractivity contribution in [3.63, 3.8) is 0 Å². The molecule has 0 bridgehead atoms. The molecule has 4 rings (SSSR count). The number of amides is 1. The predicted octanol–water partition coefficient (Wildman–Crippen LogP) is 4.36. The zero-order chi connectivity index (χ0) is 22.3. The van der Waals surface area contributed by atoms with Crippen LogP contribution in [0, 0.1) is 11.3 Å². The molecule has 1 fully saturated rings. The SMILES string of the molecule is COc1ccccc1N1CCCC(NC(=O)/C=C/c2cn(CCC#N)c3ccccc23)C1. The number of aromatic nitrogens is 1. The molecule has 3 aromatic rings. The number of piperidine rings is 1. The molecular formula is C26H28N4O2. The number of para-hydroxylation sites is 3. The van der Waals surface area contributed by atoms with E-state index in [0.717, 1.165) is 53.8 Å². The van der Waals surface area contributed by atoms with Gasteiger partial charge in [0, 0.05) is 54.4 Å². The van der Waals surface area contributed by atoms with Crippen molar-refractivity contribution in [2.75, 3.05) is 25.1 Å². The van der Waals surface area contributed by atoms with E-state index in [9.17, 15) is 4.79 Å². The largest absolute Gasteiger partial charge is 0.495 e. The highest BCUT2D eigenvalue weighted by Crippen LogP contribution is 2.30. The summed E-state index contributed by atoms with van der Waals surface area (Å²) < 4.78 is 7.58. The second-order valence-electron chi connectivity index (χ2n) is 8.00. The number of carbonyl (C=O) groups excluding carboxylic acids is 1. The summed E-state index contributed by atoms with van der Waals surface area (Å²) in [6.07, 6.45) is 7.90. The maximum absolute atomic E-state index is 12.7. The lowest BCUT2D eigenvalue weighted by Gasteiger charge is -2.35. The number of hydrogen-bond donors (Lipinski definition) is 1. The number of anilines is 1. The van der Waals surface area contributed by atoms with Crippen LogP contribution in [-0.4, -0.2) is 36.7 Å². The number of carbonyl (C=O) groups is 1. The Morgan fingerprint density at radius 2 is 2.06 bits per heavy atom. The smallest absolute Gasteiger partial charge is 0.244 e. The summed E-state index contributed by atoms with van der Waals surface area (Å²) >= 11 is 0. The number of hydrogen-bond acceptors (Lipinski definition) is 4. The van der Waals surface area contributed by atoms with E-state index in [1.807, 2.05) is 54.7 Å². The van der Waals surface area contributed by atoms with Crippen molar-refractivity contribution in [3.8, 4) is 11.8 Å². The Kier molecular flexibility index (Phi) is 6.76. The highest BCUT2D eigenvalue weighted by atomic mass is 16.5. The summed E-state index contributed by atoms with van der Waals surface area (Å²) in [5.41, 5.74) is 3.12. The van der Waals surface area contributed by atoms with E-state index in [-0.39, 0.29) is 11.9 Å². The Morgan fingerprint density at radius 3 is 2.91 bits per heavy atom. The minimum Gasteiger partial charge on any atom is -0.495 e. The molecule has 1 saturated heterocycles. The van der Waals surface area contributed by atoms with Crippen LogP contribution in [0.3, 0.4) is 0 Å². The molecule has 0 spiro atoms. The van der Waals surface area contributed by atoms with Crippen LogP contribution < -0.4 is 15.0 Å². The summed E-state index contributed by atoms with van der Waals surface area (Å²) in [5, 5.41) is 13.2. The van der Waals surface area contributed by atoms with Crippen molar-refractivity contribution in [2.24, 2.45) is 0 Å². The van der Waals surface area contributed by atoms with Crippen molar-refractivity contribution in [1.29, 1.82) is 5.26 Å². The molecule has 0 saturated carbocycles.